The maximum atomic E-state index is 11.4. The molecule has 0 rings (SSSR count). The molecule has 0 saturated carbocycles. The van der Waals surface area contributed by atoms with Crippen molar-refractivity contribution in [3.05, 3.63) is 0 Å². The molecule has 0 aliphatic heterocycles. The minimum absolute atomic E-state index is 0.0546. The second-order valence-corrected chi connectivity index (χ2v) is 4.42. The Kier molecular flexibility index (Phi) is 7.29. The molecule has 0 amide bonds. The summed E-state index contributed by atoms with van der Waals surface area (Å²) in [6.45, 7) is 4.73. The maximum Gasteiger partial charge on any atom is 0.312 e. The summed E-state index contributed by atoms with van der Waals surface area (Å²) in [6.07, 6.45) is 0.602. The van der Waals surface area contributed by atoms with E-state index in [9.17, 15) is 4.79 Å². The van der Waals surface area contributed by atoms with Crippen molar-refractivity contribution in [2.75, 3.05) is 34.0 Å². The Morgan fingerprint density at radius 3 is 2.50 bits per heavy atom. The van der Waals surface area contributed by atoms with Crippen molar-refractivity contribution < 1.29 is 19.4 Å². The highest BCUT2D eigenvalue weighted by Crippen LogP contribution is 2.15. The number of nitrogens with one attached hydrogen (secondary N) is 1. The average Bonchev–Trinajstić information content (AvgIpc) is 2.25. The number of methoxy groups -OCH3 is 2. The first-order valence-electron chi connectivity index (χ1n) is 5.39. The molecule has 0 aliphatic rings. The minimum Gasteiger partial charge on any atom is -0.469 e. The van der Waals surface area contributed by atoms with Gasteiger partial charge in [-0.05, 0) is 20.3 Å². The molecular formula is C11H23NO4. The van der Waals surface area contributed by atoms with Crippen LogP contribution in [0.3, 0.4) is 0 Å². The highest BCUT2D eigenvalue weighted by Gasteiger charge is 2.29. The zero-order valence-electron chi connectivity index (χ0n) is 10.6. The van der Waals surface area contributed by atoms with Crippen molar-refractivity contribution in [3.63, 3.8) is 0 Å². The normalized spacial score (nSPS) is 13.6. The van der Waals surface area contributed by atoms with E-state index in [-0.39, 0.29) is 18.6 Å². The summed E-state index contributed by atoms with van der Waals surface area (Å²) >= 11 is 0. The molecular weight excluding hydrogens is 210 g/mol. The molecule has 1 unspecified atom stereocenters. The Bertz CT molecular complexity index is 200. The molecule has 0 bridgehead atoms. The Hall–Kier alpha value is -0.650. The van der Waals surface area contributed by atoms with Crippen LogP contribution in [-0.2, 0) is 14.3 Å². The van der Waals surface area contributed by atoms with Crippen LogP contribution in [-0.4, -0.2) is 51.1 Å². The van der Waals surface area contributed by atoms with E-state index in [0.717, 1.165) is 0 Å². The molecule has 0 fully saturated rings. The Morgan fingerprint density at radius 1 is 1.44 bits per heavy atom. The van der Waals surface area contributed by atoms with Crippen molar-refractivity contribution in [2.45, 2.75) is 26.3 Å². The first kappa shape index (κ1) is 15.3. The van der Waals surface area contributed by atoms with Crippen molar-refractivity contribution in [1.82, 2.24) is 5.32 Å². The zero-order valence-corrected chi connectivity index (χ0v) is 10.6. The van der Waals surface area contributed by atoms with Crippen LogP contribution in [0, 0.1) is 5.41 Å². The van der Waals surface area contributed by atoms with Crippen LogP contribution in [0.25, 0.3) is 0 Å². The van der Waals surface area contributed by atoms with Gasteiger partial charge >= 0.3 is 5.97 Å². The fourth-order valence-corrected chi connectivity index (χ4v) is 1.35. The van der Waals surface area contributed by atoms with Gasteiger partial charge in [0.05, 0.1) is 19.1 Å². The predicted octanol–water partition coefficient (Wildman–Crippen LogP) is 0.173. The summed E-state index contributed by atoms with van der Waals surface area (Å²) < 4.78 is 9.73. The van der Waals surface area contributed by atoms with Crippen molar-refractivity contribution in [1.29, 1.82) is 0 Å². The topological polar surface area (TPSA) is 67.8 Å². The third-order valence-corrected chi connectivity index (χ3v) is 2.42. The van der Waals surface area contributed by atoms with E-state index < -0.39 is 5.41 Å². The van der Waals surface area contributed by atoms with E-state index in [1.165, 1.54) is 7.11 Å². The van der Waals surface area contributed by atoms with Crippen molar-refractivity contribution >= 4 is 5.97 Å². The smallest absolute Gasteiger partial charge is 0.312 e. The number of carbonyl (C=O) groups is 1. The summed E-state index contributed by atoms with van der Waals surface area (Å²) in [6, 6.07) is 0.0546. The van der Waals surface area contributed by atoms with E-state index in [0.29, 0.717) is 19.6 Å². The van der Waals surface area contributed by atoms with Gasteiger partial charge in [0.25, 0.3) is 0 Å². The summed E-state index contributed by atoms with van der Waals surface area (Å²) in [7, 11) is 2.99. The number of esters is 1. The van der Waals surface area contributed by atoms with Gasteiger partial charge in [0.1, 0.15) is 0 Å². The van der Waals surface area contributed by atoms with Crippen LogP contribution in [0.15, 0.2) is 0 Å². The Balaban J connectivity index is 4.12. The minimum atomic E-state index is -0.573. The van der Waals surface area contributed by atoms with Crippen molar-refractivity contribution in [3.8, 4) is 0 Å². The van der Waals surface area contributed by atoms with Gasteiger partial charge in [-0.1, -0.05) is 0 Å². The molecule has 5 nitrogen and oxygen atoms in total. The molecule has 5 heteroatoms. The molecule has 0 aromatic rings. The van der Waals surface area contributed by atoms with Gasteiger partial charge in [0, 0.05) is 26.3 Å². The monoisotopic (exact) mass is 233 g/mol. The molecule has 0 heterocycles. The van der Waals surface area contributed by atoms with Gasteiger partial charge in [-0.2, -0.15) is 0 Å². The third-order valence-electron chi connectivity index (χ3n) is 2.42. The van der Waals surface area contributed by atoms with Gasteiger partial charge in [-0.25, -0.2) is 0 Å². The zero-order chi connectivity index (χ0) is 12.6. The van der Waals surface area contributed by atoms with Crippen LogP contribution < -0.4 is 5.32 Å². The summed E-state index contributed by atoms with van der Waals surface area (Å²) in [5.41, 5.74) is -0.573. The molecule has 0 aromatic carbocycles. The van der Waals surface area contributed by atoms with Crippen LogP contribution >= 0.6 is 0 Å². The first-order chi connectivity index (χ1) is 7.47. The lowest BCUT2D eigenvalue weighted by molar-refractivity contribution is -0.150. The molecule has 0 radical (unpaired) electrons. The van der Waals surface area contributed by atoms with Crippen LogP contribution in [0.2, 0.25) is 0 Å². The lowest BCUT2D eigenvalue weighted by Crippen LogP contribution is -2.43. The SMILES string of the molecule is COCC(CCO)NCC(C)(C)C(=O)OC. The molecule has 0 aromatic heterocycles. The lowest BCUT2D eigenvalue weighted by atomic mass is 9.93. The molecule has 96 valence electrons. The number of aliphatic hydroxyl groups is 1. The number of ether oxygens (including phenoxy) is 2. The fraction of sp³-hybridized carbons (Fsp3) is 0.909. The van der Waals surface area contributed by atoms with E-state index in [4.69, 9.17) is 14.6 Å². The molecule has 1 atom stereocenters. The van der Waals surface area contributed by atoms with Crippen molar-refractivity contribution in [2.24, 2.45) is 5.41 Å². The van der Waals surface area contributed by atoms with Gasteiger partial charge in [0.15, 0.2) is 0 Å². The third kappa shape index (κ3) is 5.44. The van der Waals surface area contributed by atoms with Gasteiger partial charge in [-0.3, -0.25) is 4.79 Å². The van der Waals surface area contributed by atoms with Crippen LogP contribution in [0.1, 0.15) is 20.3 Å². The lowest BCUT2D eigenvalue weighted by Gasteiger charge is -2.25. The van der Waals surface area contributed by atoms with Crippen LogP contribution in [0.5, 0.6) is 0 Å². The molecule has 0 saturated heterocycles. The molecule has 0 aliphatic carbocycles. The van der Waals surface area contributed by atoms with Crippen LogP contribution in [0.4, 0.5) is 0 Å². The van der Waals surface area contributed by atoms with E-state index >= 15 is 0 Å². The second kappa shape index (κ2) is 7.60. The Morgan fingerprint density at radius 2 is 2.06 bits per heavy atom. The molecule has 16 heavy (non-hydrogen) atoms. The highest BCUT2D eigenvalue weighted by molar-refractivity contribution is 5.76. The fourth-order valence-electron chi connectivity index (χ4n) is 1.35. The van der Waals surface area contributed by atoms with E-state index in [2.05, 4.69) is 5.32 Å². The van der Waals surface area contributed by atoms with E-state index in [1.54, 1.807) is 7.11 Å². The predicted molar refractivity (Wildman–Crippen MR) is 61.2 cm³/mol. The van der Waals surface area contributed by atoms with Gasteiger partial charge in [0.2, 0.25) is 0 Å². The number of hydrogen-bond donors (Lipinski definition) is 2. The Labute approximate surface area is 97.1 Å². The summed E-state index contributed by atoms with van der Waals surface area (Å²) in [5, 5.41) is 12.1. The largest absolute Gasteiger partial charge is 0.469 e. The number of hydrogen-bond acceptors (Lipinski definition) is 5. The number of aliphatic hydroxyl groups excluding tert-OH is 1. The quantitative estimate of drug-likeness (QED) is 0.585. The second-order valence-electron chi connectivity index (χ2n) is 4.42. The summed E-state index contributed by atoms with van der Waals surface area (Å²) in [5.74, 6) is -0.250. The number of carbonyl (C=O) groups excluding carboxylic acids is 1. The van der Waals surface area contributed by atoms with Gasteiger partial charge < -0.3 is 19.9 Å². The molecule has 2 N–H and O–H groups in total. The van der Waals surface area contributed by atoms with Gasteiger partial charge in [-0.15, -0.1) is 0 Å². The van der Waals surface area contributed by atoms with E-state index in [1.807, 2.05) is 13.8 Å². The maximum absolute atomic E-state index is 11.4. The average molecular weight is 233 g/mol. The summed E-state index contributed by atoms with van der Waals surface area (Å²) in [4.78, 5) is 11.4. The highest BCUT2D eigenvalue weighted by atomic mass is 16.5. The standard InChI is InChI=1S/C11H23NO4/c1-11(2,10(14)16-4)8-12-9(5-6-13)7-15-3/h9,12-13H,5-8H2,1-4H3. The first-order valence-corrected chi connectivity index (χ1v) is 5.39. The molecule has 0 spiro atoms. The number of rotatable bonds is 8.